The summed E-state index contributed by atoms with van der Waals surface area (Å²) >= 11 is 0. The molecule has 4 rings (SSSR count). The minimum absolute atomic E-state index is 0.153. The number of carbonyl (C=O) groups excluding carboxylic acids is 1. The number of benzene rings is 2. The number of aromatic nitrogens is 3. The molecule has 2 heterocycles. The topological polar surface area (TPSA) is 73.0 Å². The van der Waals surface area contributed by atoms with E-state index in [1.54, 1.807) is 35.2 Å². The van der Waals surface area contributed by atoms with Crippen LogP contribution in [-0.4, -0.2) is 20.6 Å². The quantitative estimate of drug-likeness (QED) is 0.576. The maximum atomic E-state index is 13.3. The number of carbonyl (C=O) groups is 1. The summed E-state index contributed by atoms with van der Waals surface area (Å²) in [4.78, 5) is 17.1. The fourth-order valence-corrected chi connectivity index (χ4v) is 2.93. The van der Waals surface area contributed by atoms with Crippen molar-refractivity contribution in [2.75, 3.05) is 0 Å². The number of imidazole rings is 1. The fraction of sp³-hybridized carbons (Fsp3) is 0.0952. The van der Waals surface area contributed by atoms with Gasteiger partial charge in [0.1, 0.15) is 17.7 Å². The summed E-state index contributed by atoms with van der Waals surface area (Å²) in [5, 5.41) is 6.79. The standard InChI is InChI=1S/C21H17FN4O2/c1-26-12-11-23-20(26)19(15-7-9-16(22)10-8-15)24-21(27)17-13-18(28-25-17)14-5-3-2-4-6-14/h2-13,19H,1H3,(H,24,27). The van der Waals surface area contributed by atoms with Crippen molar-refractivity contribution in [1.82, 2.24) is 20.0 Å². The van der Waals surface area contributed by atoms with Crippen LogP contribution in [0.1, 0.15) is 27.9 Å². The number of nitrogens with zero attached hydrogens (tertiary/aromatic N) is 3. The van der Waals surface area contributed by atoms with Crippen molar-refractivity contribution in [3.8, 4) is 11.3 Å². The Labute approximate surface area is 160 Å². The van der Waals surface area contributed by atoms with Gasteiger partial charge in [-0.15, -0.1) is 0 Å². The molecule has 0 fully saturated rings. The lowest BCUT2D eigenvalue weighted by atomic mass is 10.1. The Balaban J connectivity index is 1.62. The second-order valence-electron chi connectivity index (χ2n) is 6.30. The molecule has 28 heavy (non-hydrogen) atoms. The second-order valence-corrected chi connectivity index (χ2v) is 6.30. The molecule has 2 aromatic carbocycles. The molecular formula is C21H17FN4O2. The molecule has 4 aromatic rings. The summed E-state index contributed by atoms with van der Waals surface area (Å²) in [5.74, 6) is 0.355. The molecule has 0 aliphatic rings. The van der Waals surface area contributed by atoms with Gasteiger partial charge in [-0.1, -0.05) is 47.6 Å². The molecule has 2 aromatic heterocycles. The number of aryl methyl sites for hydroxylation is 1. The second kappa shape index (κ2) is 7.48. The monoisotopic (exact) mass is 376 g/mol. The molecule has 1 amide bonds. The average Bonchev–Trinajstić information content (AvgIpc) is 3.37. The van der Waals surface area contributed by atoms with E-state index in [-0.39, 0.29) is 11.5 Å². The molecule has 0 aliphatic carbocycles. The molecule has 1 N–H and O–H groups in total. The summed E-state index contributed by atoms with van der Waals surface area (Å²) in [6.45, 7) is 0. The minimum Gasteiger partial charge on any atom is -0.355 e. The summed E-state index contributed by atoms with van der Waals surface area (Å²) < 4.78 is 20.4. The highest BCUT2D eigenvalue weighted by atomic mass is 19.1. The molecule has 0 bridgehead atoms. The predicted octanol–water partition coefficient (Wildman–Crippen LogP) is 3.73. The van der Waals surface area contributed by atoms with Crippen molar-refractivity contribution in [1.29, 1.82) is 0 Å². The molecule has 0 aliphatic heterocycles. The summed E-state index contributed by atoms with van der Waals surface area (Å²) in [6.07, 6.45) is 3.42. The molecule has 140 valence electrons. The molecule has 1 unspecified atom stereocenters. The Morgan fingerprint density at radius 2 is 1.89 bits per heavy atom. The van der Waals surface area contributed by atoms with Gasteiger partial charge in [0.2, 0.25) is 0 Å². The first-order valence-corrected chi connectivity index (χ1v) is 8.67. The maximum Gasteiger partial charge on any atom is 0.274 e. The van der Waals surface area contributed by atoms with Gasteiger partial charge < -0.3 is 14.4 Å². The van der Waals surface area contributed by atoms with Crippen molar-refractivity contribution in [3.05, 3.63) is 96.0 Å². The van der Waals surface area contributed by atoms with E-state index in [0.717, 1.165) is 5.56 Å². The Kier molecular flexibility index (Phi) is 4.72. The van der Waals surface area contributed by atoms with Gasteiger partial charge in [-0.05, 0) is 17.7 Å². The van der Waals surface area contributed by atoms with Gasteiger partial charge in [-0.3, -0.25) is 4.79 Å². The lowest BCUT2D eigenvalue weighted by Gasteiger charge is -2.18. The van der Waals surface area contributed by atoms with Crippen LogP contribution >= 0.6 is 0 Å². The molecule has 0 saturated carbocycles. The van der Waals surface area contributed by atoms with Crippen LogP contribution in [0.5, 0.6) is 0 Å². The number of amides is 1. The maximum absolute atomic E-state index is 13.3. The molecule has 6 nitrogen and oxygen atoms in total. The van der Waals surface area contributed by atoms with Gasteiger partial charge in [-0.2, -0.15) is 0 Å². The third-order valence-corrected chi connectivity index (χ3v) is 4.40. The summed E-state index contributed by atoms with van der Waals surface area (Å²) in [6, 6.07) is 16.4. The van der Waals surface area contributed by atoms with E-state index >= 15 is 0 Å². The Morgan fingerprint density at radius 3 is 2.57 bits per heavy atom. The van der Waals surface area contributed by atoms with Crippen molar-refractivity contribution in [2.24, 2.45) is 7.05 Å². The van der Waals surface area contributed by atoms with Crippen LogP contribution in [0, 0.1) is 5.82 Å². The van der Waals surface area contributed by atoms with Crippen LogP contribution in [0.2, 0.25) is 0 Å². The first-order chi connectivity index (χ1) is 13.6. The molecule has 0 radical (unpaired) electrons. The minimum atomic E-state index is -0.565. The van der Waals surface area contributed by atoms with E-state index in [1.807, 2.05) is 37.4 Å². The van der Waals surface area contributed by atoms with E-state index < -0.39 is 11.9 Å². The normalized spacial score (nSPS) is 11.9. The van der Waals surface area contributed by atoms with Crippen molar-refractivity contribution >= 4 is 5.91 Å². The van der Waals surface area contributed by atoms with Gasteiger partial charge in [0.25, 0.3) is 5.91 Å². The third kappa shape index (κ3) is 3.55. The SMILES string of the molecule is Cn1ccnc1C(NC(=O)c1cc(-c2ccccc2)on1)c1ccc(F)cc1. The van der Waals surface area contributed by atoms with Crippen LogP contribution in [0.25, 0.3) is 11.3 Å². The van der Waals surface area contributed by atoms with Crippen molar-refractivity contribution in [3.63, 3.8) is 0 Å². The van der Waals surface area contributed by atoms with Crippen LogP contribution in [0.4, 0.5) is 4.39 Å². The Hall–Kier alpha value is -3.74. The highest BCUT2D eigenvalue weighted by Gasteiger charge is 2.23. The highest BCUT2D eigenvalue weighted by molar-refractivity contribution is 5.93. The predicted molar refractivity (Wildman–Crippen MR) is 101 cm³/mol. The first kappa shape index (κ1) is 17.7. The average molecular weight is 376 g/mol. The molecular weight excluding hydrogens is 359 g/mol. The van der Waals surface area contributed by atoms with Crippen LogP contribution in [-0.2, 0) is 7.05 Å². The third-order valence-electron chi connectivity index (χ3n) is 4.40. The first-order valence-electron chi connectivity index (χ1n) is 8.67. The van der Waals surface area contributed by atoms with Crippen molar-refractivity contribution < 1.29 is 13.7 Å². The van der Waals surface area contributed by atoms with Gasteiger partial charge in [0.15, 0.2) is 11.5 Å². The van der Waals surface area contributed by atoms with Crippen molar-refractivity contribution in [2.45, 2.75) is 6.04 Å². The lowest BCUT2D eigenvalue weighted by Crippen LogP contribution is -2.31. The Morgan fingerprint density at radius 1 is 1.14 bits per heavy atom. The largest absolute Gasteiger partial charge is 0.355 e. The van der Waals surface area contributed by atoms with Crippen LogP contribution in [0.15, 0.2) is 77.6 Å². The highest BCUT2D eigenvalue weighted by Crippen LogP contribution is 2.23. The van der Waals surface area contributed by atoms with E-state index in [9.17, 15) is 9.18 Å². The lowest BCUT2D eigenvalue weighted by molar-refractivity contribution is 0.0932. The zero-order valence-electron chi connectivity index (χ0n) is 15.0. The van der Waals surface area contributed by atoms with Gasteiger partial charge in [-0.25, -0.2) is 9.37 Å². The van der Waals surface area contributed by atoms with Gasteiger partial charge in [0, 0.05) is 31.1 Å². The fourth-order valence-electron chi connectivity index (χ4n) is 2.93. The van der Waals surface area contributed by atoms with E-state index in [2.05, 4.69) is 15.5 Å². The Bertz CT molecular complexity index is 1090. The molecule has 7 heteroatoms. The van der Waals surface area contributed by atoms with E-state index in [4.69, 9.17) is 4.52 Å². The number of hydrogen-bond donors (Lipinski definition) is 1. The number of rotatable bonds is 5. The zero-order chi connectivity index (χ0) is 19.5. The zero-order valence-corrected chi connectivity index (χ0v) is 15.0. The molecule has 0 saturated heterocycles. The summed E-state index contributed by atoms with van der Waals surface area (Å²) in [7, 11) is 1.83. The van der Waals surface area contributed by atoms with Gasteiger partial charge in [0.05, 0.1) is 0 Å². The number of hydrogen-bond acceptors (Lipinski definition) is 4. The van der Waals surface area contributed by atoms with Crippen LogP contribution < -0.4 is 5.32 Å². The van der Waals surface area contributed by atoms with E-state index in [1.165, 1.54) is 12.1 Å². The number of halogens is 1. The van der Waals surface area contributed by atoms with E-state index in [0.29, 0.717) is 17.1 Å². The smallest absolute Gasteiger partial charge is 0.274 e. The summed E-state index contributed by atoms with van der Waals surface area (Å²) in [5.41, 5.74) is 1.68. The van der Waals surface area contributed by atoms with Gasteiger partial charge >= 0.3 is 0 Å². The molecule has 0 spiro atoms. The van der Waals surface area contributed by atoms with Crippen LogP contribution in [0.3, 0.4) is 0 Å². The number of nitrogens with one attached hydrogen (secondary N) is 1. The molecule has 1 atom stereocenters.